The molecule has 2 aliphatic rings. The molecule has 0 radical (unpaired) electrons. The SMILES string of the molecule is O=C1C(Oc2ccc(Cl)cc2)=COC2CC(O)CCC12. The summed E-state index contributed by atoms with van der Waals surface area (Å²) < 4.78 is 11.1. The number of carbonyl (C=O) groups is 1. The van der Waals surface area contributed by atoms with E-state index < -0.39 is 0 Å². The molecule has 3 atom stereocenters. The number of hydrogen-bond donors (Lipinski definition) is 1. The molecule has 0 amide bonds. The lowest BCUT2D eigenvalue weighted by Crippen LogP contribution is -2.41. The highest BCUT2D eigenvalue weighted by Gasteiger charge is 2.40. The largest absolute Gasteiger partial charge is 0.493 e. The molecule has 1 fully saturated rings. The summed E-state index contributed by atoms with van der Waals surface area (Å²) in [5, 5.41) is 10.2. The van der Waals surface area contributed by atoms with E-state index in [0.29, 0.717) is 30.0 Å². The number of carbonyl (C=O) groups excluding carboxylic acids is 1. The Morgan fingerprint density at radius 2 is 2.00 bits per heavy atom. The van der Waals surface area contributed by atoms with Crippen LogP contribution in [0, 0.1) is 5.92 Å². The molecule has 106 valence electrons. The van der Waals surface area contributed by atoms with E-state index in [1.807, 2.05) is 0 Å². The Hall–Kier alpha value is -1.52. The monoisotopic (exact) mass is 294 g/mol. The zero-order valence-corrected chi connectivity index (χ0v) is 11.5. The standard InChI is InChI=1S/C15H15ClO4/c16-9-1-4-11(5-2-9)20-14-8-19-13-7-10(17)3-6-12(13)15(14)18/h1-2,4-5,8,10,12-13,17H,3,6-7H2. The van der Waals surface area contributed by atoms with Crippen molar-refractivity contribution in [1.29, 1.82) is 0 Å². The van der Waals surface area contributed by atoms with Gasteiger partial charge >= 0.3 is 0 Å². The van der Waals surface area contributed by atoms with Crippen molar-refractivity contribution in [3.8, 4) is 5.75 Å². The van der Waals surface area contributed by atoms with Gasteiger partial charge in [0, 0.05) is 11.4 Å². The molecule has 1 N–H and O–H groups in total. The van der Waals surface area contributed by atoms with Crippen LogP contribution in [0.2, 0.25) is 5.02 Å². The minimum atomic E-state index is -0.379. The molecule has 1 aliphatic heterocycles. The van der Waals surface area contributed by atoms with Crippen molar-refractivity contribution in [1.82, 2.24) is 0 Å². The highest BCUT2D eigenvalue weighted by atomic mass is 35.5. The van der Waals surface area contributed by atoms with Crippen molar-refractivity contribution in [2.75, 3.05) is 0 Å². The van der Waals surface area contributed by atoms with Gasteiger partial charge in [-0.1, -0.05) is 11.6 Å². The van der Waals surface area contributed by atoms with Crippen LogP contribution in [0.25, 0.3) is 0 Å². The van der Waals surface area contributed by atoms with E-state index >= 15 is 0 Å². The maximum absolute atomic E-state index is 12.4. The molecule has 1 aliphatic carbocycles. The molecule has 1 heterocycles. The predicted octanol–water partition coefficient (Wildman–Crippen LogP) is 2.69. The van der Waals surface area contributed by atoms with Crippen molar-refractivity contribution in [2.24, 2.45) is 5.92 Å². The first-order valence-corrected chi connectivity index (χ1v) is 7.02. The van der Waals surface area contributed by atoms with E-state index in [9.17, 15) is 9.90 Å². The first-order chi connectivity index (χ1) is 9.63. The van der Waals surface area contributed by atoms with Crippen molar-refractivity contribution in [3.63, 3.8) is 0 Å². The van der Waals surface area contributed by atoms with E-state index in [-0.39, 0.29) is 29.7 Å². The molecule has 0 aromatic heterocycles. The van der Waals surface area contributed by atoms with Crippen molar-refractivity contribution >= 4 is 17.4 Å². The fourth-order valence-electron chi connectivity index (χ4n) is 2.65. The van der Waals surface area contributed by atoms with Gasteiger partial charge in [-0.05, 0) is 37.1 Å². The molecule has 20 heavy (non-hydrogen) atoms. The molecule has 1 aromatic carbocycles. The number of ketones is 1. The Balaban J connectivity index is 1.74. The molecule has 3 unspecified atom stereocenters. The van der Waals surface area contributed by atoms with Crippen LogP contribution in [-0.4, -0.2) is 23.1 Å². The van der Waals surface area contributed by atoms with Gasteiger partial charge in [0.2, 0.25) is 11.5 Å². The van der Waals surface area contributed by atoms with Crippen molar-refractivity contribution < 1.29 is 19.4 Å². The number of hydrogen-bond acceptors (Lipinski definition) is 4. The van der Waals surface area contributed by atoms with Crippen LogP contribution in [0.3, 0.4) is 0 Å². The third-order valence-electron chi connectivity index (χ3n) is 3.74. The number of benzene rings is 1. The highest BCUT2D eigenvalue weighted by molar-refractivity contribution is 6.30. The van der Waals surface area contributed by atoms with Gasteiger partial charge in [-0.3, -0.25) is 4.79 Å². The van der Waals surface area contributed by atoms with Crippen molar-refractivity contribution in [3.05, 3.63) is 41.3 Å². The minimum Gasteiger partial charge on any atom is -0.493 e. The van der Waals surface area contributed by atoms with Crippen LogP contribution in [0.15, 0.2) is 36.3 Å². The van der Waals surface area contributed by atoms with Crippen LogP contribution in [0.4, 0.5) is 0 Å². The minimum absolute atomic E-state index is 0.0527. The molecule has 5 heteroatoms. The second-order valence-corrected chi connectivity index (χ2v) is 5.59. The topological polar surface area (TPSA) is 55.8 Å². The average Bonchev–Trinajstić information content (AvgIpc) is 2.44. The van der Waals surface area contributed by atoms with Gasteiger partial charge in [0.15, 0.2) is 0 Å². The van der Waals surface area contributed by atoms with Crippen LogP contribution in [-0.2, 0) is 9.53 Å². The van der Waals surface area contributed by atoms with E-state index in [0.717, 1.165) is 0 Å². The van der Waals surface area contributed by atoms with Crippen molar-refractivity contribution in [2.45, 2.75) is 31.5 Å². The Morgan fingerprint density at radius 3 is 2.75 bits per heavy atom. The van der Waals surface area contributed by atoms with E-state index in [1.165, 1.54) is 6.26 Å². The van der Waals surface area contributed by atoms with E-state index in [2.05, 4.69) is 0 Å². The van der Waals surface area contributed by atoms with Crippen LogP contribution < -0.4 is 4.74 Å². The zero-order valence-electron chi connectivity index (χ0n) is 10.8. The fourth-order valence-corrected chi connectivity index (χ4v) is 2.78. The van der Waals surface area contributed by atoms with Gasteiger partial charge in [0.1, 0.15) is 18.1 Å². The third-order valence-corrected chi connectivity index (χ3v) is 3.99. The normalized spacial score (nSPS) is 29.2. The number of halogens is 1. The number of fused-ring (bicyclic) bond motifs is 1. The summed E-state index contributed by atoms with van der Waals surface area (Å²) in [4.78, 5) is 12.4. The Kier molecular flexibility index (Phi) is 3.68. The van der Waals surface area contributed by atoms with E-state index in [1.54, 1.807) is 24.3 Å². The Labute approximate surface area is 122 Å². The first-order valence-electron chi connectivity index (χ1n) is 6.65. The summed E-state index contributed by atoms with van der Waals surface area (Å²) in [6.07, 6.45) is 2.51. The lowest BCUT2D eigenvalue weighted by atomic mass is 9.80. The predicted molar refractivity (Wildman–Crippen MR) is 73.4 cm³/mol. The van der Waals surface area contributed by atoms with E-state index in [4.69, 9.17) is 21.1 Å². The molecule has 0 spiro atoms. The van der Waals surface area contributed by atoms with Gasteiger partial charge in [-0.2, -0.15) is 0 Å². The molecule has 3 rings (SSSR count). The number of rotatable bonds is 2. The van der Waals surface area contributed by atoms with Crippen LogP contribution in [0.1, 0.15) is 19.3 Å². The highest BCUT2D eigenvalue weighted by Crippen LogP contribution is 2.34. The zero-order chi connectivity index (χ0) is 14.1. The molecule has 0 saturated heterocycles. The molecular weight excluding hydrogens is 280 g/mol. The molecule has 1 saturated carbocycles. The summed E-state index contributed by atoms with van der Waals surface area (Å²) >= 11 is 5.80. The quantitative estimate of drug-likeness (QED) is 0.911. The molecule has 0 bridgehead atoms. The Bertz CT molecular complexity index is 537. The maximum atomic E-state index is 12.4. The summed E-state index contributed by atoms with van der Waals surface area (Å²) in [5.74, 6) is 0.491. The van der Waals surface area contributed by atoms with Gasteiger partial charge in [-0.25, -0.2) is 0 Å². The maximum Gasteiger partial charge on any atom is 0.207 e. The average molecular weight is 295 g/mol. The van der Waals surface area contributed by atoms with Crippen LogP contribution >= 0.6 is 11.6 Å². The number of aliphatic hydroxyl groups excluding tert-OH is 1. The second kappa shape index (κ2) is 5.46. The molecular formula is C15H15ClO4. The third kappa shape index (κ3) is 2.67. The smallest absolute Gasteiger partial charge is 0.207 e. The summed E-state index contributed by atoms with van der Waals surface area (Å²) in [6.45, 7) is 0. The second-order valence-electron chi connectivity index (χ2n) is 5.15. The summed E-state index contributed by atoms with van der Waals surface area (Å²) in [5.41, 5.74) is 0. The number of aliphatic hydroxyl groups is 1. The first kappa shape index (κ1) is 13.5. The lowest BCUT2D eigenvalue weighted by Gasteiger charge is -2.35. The lowest BCUT2D eigenvalue weighted by molar-refractivity contribution is -0.132. The van der Waals surface area contributed by atoms with Gasteiger partial charge in [-0.15, -0.1) is 0 Å². The Morgan fingerprint density at radius 1 is 1.25 bits per heavy atom. The molecule has 1 aromatic rings. The summed E-state index contributed by atoms with van der Waals surface area (Å²) in [6, 6.07) is 6.80. The summed E-state index contributed by atoms with van der Waals surface area (Å²) in [7, 11) is 0. The number of ether oxygens (including phenoxy) is 2. The van der Waals surface area contributed by atoms with Gasteiger partial charge in [0.25, 0.3) is 0 Å². The van der Waals surface area contributed by atoms with Gasteiger partial charge < -0.3 is 14.6 Å². The van der Waals surface area contributed by atoms with Gasteiger partial charge in [0.05, 0.1) is 12.0 Å². The number of allylic oxidation sites excluding steroid dienone is 1. The van der Waals surface area contributed by atoms with Crippen LogP contribution in [0.5, 0.6) is 5.75 Å². The fraction of sp³-hybridized carbons (Fsp3) is 0.400. The molecule has 4 nitrogen and oxygen atoms in total. The number of Topliss-reactive ketones (excluding diaryl/α,β-unsaturated/α-hetero) is 1.